The van der Waals surface area contributed by atoms with E-state index in [0.717, 1.165) is 12.3 Å². The van der Waals surface area contributed by atoms with E-state index in [9.17, 15) is 18.0 Å². The average Bonchev–Trinajstić information content (AvgIpc) is 3.46. The number of nitrogens with zero attached hydrogens (tertiary/aromatic N) is 3. The van der Waals surface area contributed by atoms with Gasteiger partial charge in [0.2, 0.25) is 0 Å². The van der Waals surface area contributed by atoms with Gasteiger partial charge in [0.15, 0.2) is 22.8 Å². The summed E-state index contributed by atoms with van der Waals surface area (Å²) in [4.78, 5) is 17.6. The summed E-state index contributed by atoms with van der Waals surface area (Å²) in [5, 5.41) is 8.19. The van der Waals surface area contributed by atoms with Gasteiger partial charge in [0.1, 0.15) is 18.3 Å². The minimum Gasteiger partial charge on any atom is -0.486 e. The highest BCUT2D eigenvalue weighted by molar-refractivity contribution is 7.13. The molecule has 1 amide bonds. The van der Waals surface area contributed by atoms with Crippen LogP contribution in [0.3, 0.4) is 0 Å². The highest BCUT2D eigenvalue weighted by Gasteiger charge is 2.36. The van der Waals surface area contributed by atoms with Crippen LogP contribution in [-0.2, 0) is 6.18 Å². The lowest BCUT2D eigenvalue weighted by atomic mass is 10.2. The second kappa shape index (κ2) is 7.83. The Labute approximate surface area is 183 Å². The quantitative estimate of drug-likeness (QED) is 0.497. The molecule has 164 valence electrons. The molecule has 1 aromatic carbocycles. The van der Waals surface area contributed by atoms with E-state index in [1.165, 1.54) is 11.3 Å². The van der Waals surface area contributed by atoms with Crippen molar-refractivity contribution in [3.05, 3.63) is 65.3 Å². The van der Waals surface area contributed by atoms with E-state index in [-0.39, 0.29) is 30.1 Å². The third-order valence-corrected chi connectivity index (χ3v) is 5.73. The van der Waals surface area contributed by atoms with Gasteiger partial charge in [-0.3, -0.25) is 4.79 Å². The molecule has 0 bridgehead atoms. The summed E-state index contributed by atoms with van der Waals surface area (Å²) in [6.07, 6.45) is -4.04. The van der Waals surface area contributed by atoms with E-state index in [1.807, 2.05) is 6.07 Å². The van der Waals surface area contributed by atoms with Gasteiger partial charge in [0, 0.05) is 0 Å². The van der Waals surface area contributed by atoms with Crippen molar-refractivity contribution in [2.75, 3.05) is 13.2 Å². The largest absolute Gasteiger partial charge is 0.486 e. The van der Waals surface area contributed by atoms with Crippen molar-refractivity contribution in [3.63, 3.8) is 0 Å². The van der Waals surface area contributed by atoms with Gasteiger partial charge in [-0.25, -0.2) is 9.50 Å². The number of thiophene rings is 1. The molecule has 0 radical (unpaired) electrons. The van der Waals surface area contributed by atoms with Gasteiger partial charge in [0.25, 0.3) is 5.91 Å². The first-order valence-electron chi connectivity index (χ1n) is 9.56. The number of nitrogens with one attached hydrogen (secondary N) is 1. The molecule has 0 fully saturated rings. The van der Waals surface area contributed by atoms with Gasteiger partial charge in [-0.15, -0.1) is 11.3 Å². The van der Waals surface area contributed by atoms with Crippen molar-refractivity contribution in [2.24, 2.45) is 0 Å². The number of ether oxygens (including phenoxy) is 2. The van der Waals surface area contributed by atoms with Gasteiger partial charge in [-0.05, 0) is 29.6 Å². The van der Waals surface area contributed by atoms with Crippen LogP contribution in [0.15, 0.2) is 54.0 Å². The number of aromatic nitrogens is 3. The number of para-hydroxylation sites is 2. The predicted molar refractivity (Wildman–Crippen MR) is 110 cm³/mol. The van der Waals surface area contributed by atoms with E-state index < -0.39 is 23.9 Å². The zero-order valence-electron chi connectivity index (χ0n) is 16.3. The number of fused-ring (bicyclic) bond motifs is 2. The van der Waals surface area contributed by atoms with Crippen LogP contribution >= 0.6 is 11.3 Å². The number of rotatable bonds is 4. The summed E-state index contributed by atoms with van der Waals surface area (Å²) in [5.74, 6) is 0.570. The maximum Gasteiger partial charge on any atom is 0.433 e. The van der Waals surface area contributed by atoms with Crippen LogP contribution in [0.25, 0.3) is 16.2 Å². The predicted octanol–water partition coefficient (Wildman–Crippen LogP) is 4.05. The molecule has 0 saturated heterocycles. The molecule has 0 spiro atoms. The molecule has 11 heteroatoms. The third kappa shape index (κ3) is 3.75. The topological polar surface area (TPSA) is 77.8 Å². The maximum atomic E-state index is 13.6. The van der Waals surface area contributed by atoms with Crippen molar-refractivity contribution in [2.45, 2.75) is 12.3 Å². The van der Waals surface area contributed by atoms with E-state index >= 15 is 0 Å². The molecule has 5 rings (SSSR count). The Morgan fingerprint density at radius 3 is 2.78 bits per heavy atom. The molecular formula is C21H15F3N4O3S. The molecule has 32 heavy (non-hydrogen) atoms. The Morgan fingerprint density at radius 1 is 1.22 bits per heavy atom. The number of alkyl halides is 3. The van der Waals surface area contributed by atoms with E-state index in [1.54, 1.807) is 35.7 Å². The van der Waals surface area contributed by atoms with Crippen LogP contribution in [-0.4, -0.2) is 39.8 Å². The van der Waals surface area contributed by atoms with Crippen molar-refractivity contribution in [3.8, 4) is 22.1 Å². The molecule has 4 heterocycles. The first kappa shape index (κ1) is 20.3. The Morgan fingerprint density at radius 2 is 2.03 bits per heavy atom. The van der Waals surface area contributed by atoms with Gasteiger partial charge in [0.05, 0.1) is 23.3 Å². The van der Waals surface area contributed by atoms with Crippen molar-refractivity contribution in [1.82, 2.24) is 19.9 Å². The lowest BCUT2D eigenvalue weighted by molar-refractivity contribution is -0.142. The molecular weight excluding hydrogens is 445 g/mol. The fourth-order valence-electron chi connectivity index (χ4n) is 3.34. The molecule has 0 aliphatic carbocycles. The van der Waals surface area contributed by atoms with Crippen LogP contribution in [0.2, 0.25) is 0 Å². The standard InChI is InChI=1S/C21H15F3N4O3S/c22-21(23,24)18-8-14(17-6-3-7-32-17)27-19-13(10-26-28(18)19)20(29)25-9-12-11-30-15-4-1-2-5-16(15)31-12/h1-8,10,12H,9,11H2,(H,25,29)/t12-/m0/s1. The molecule has 0 saturated carbocycles. The normalized spacial score (nSPS) is 15.7. The Hall–Kier alpha value is -3.60. The van der Waals surface area contributed by atoms with Crippen molar-refractivity contribution in [1.29, 1.82) is 0 Å². The monoisotopic (exact) mass is 460 g/mol. The smallest absolute Gasteiger partial charge is 0.433 e. The van der Waals surface area contributed by atoms with Crippen LogP contribution in [0.1, 0.15) is 16.1 Å². The highest BCUT2D eigenvalue weighted by atomic mass is 32.1. The van der Waals surface area contributed by atoms with E-state index in [4.69, 9.17) is 9.47 Å². The number of hydrogen-bond acceptors (Lipinski definition) is 6. The van der Waals surface area contributed by atoms with Crippen molar-refractivity contribution >= 4 is 22.9 Å². The highest BCUT2D eigenvalue weighted by Crippen LogP contribution is 2.34. The lowest BCUT2D eigenvalue weighted by Gasteiger charge is -2.26. The van der Waals surface area contributed by atoms with E-state index in [2.05, 4.69) is 15.4 Å². The molecule has 7 nitrogen and oxygen atoms in total. The summed E-state index contributed by atoms with van der Waals surface area (Å²) >= 11 is 1.25. The summed E-state index contributed by atoms with van der Waals surface area (Å²) in [6.45, 7) is 0.326. The summed E-state index contributed by atoms with van der Waals surface area (Å²) in [6, 6.07) is 11.5. The van der Waals surface area contributed by atoms with Gasteiger partial charge < -0.3 is 14.8 Å². The minimum absolute atomic E-state index is 0.0639. The molecule has 1 aliphatic heterocycles. The van der Waals surface area contributed by atoms with Crippen molar-refractivity contribution < 1.29 is 27.4 Å². The first-order chi connectivity index (χ1) is 15.4. The van der Waals surface area contributed by atoms with Crippen LogP contribution in [0.4, 0.5) is 13.2 Å². The Balaban J connectivity index is 1.41. The fraction of sp³-hybridized carbons (Fsp3) is 0.190. The Kier molecular flexibility index (Phi) is 4.97. The zero-order valence-corrected chi connectivity index (χ0v) is 17.1. The average molecular weight is 460 g/mol. The van der Waals surface area contributed by atoms with E-state index in [0.29, 0.717) is 20.9 Å². The van der Waals surface area contributed by atoms with Gasteiger partial charge >= 0.3 is 6.18 Å². The molecule has 4 aromatic rings. The summed E-state index contributed by atoms with van der Waals surface area (Å²) in [5.41, 5.74) is -1.13. The number of carbonyl (C=O) groups is 1. The SMILES string of the molecule is O=C(NC[C@H]1COc2ccccc2O1)c1cnn2c(C(F)(F)F)cc(-c3cccs3)nc12. The van der Waals surface area contributed by atoms with Crippen LogP contribution in [0.5, 0.6) is 11.5 Å². The maximum absolute atomic E-state index is 13.6. The van der Waals surface area contributed by atoms with Crippen LogP contribution < -0.4 is 14.8 Å². The molecule has 1 atom stereocenters. The lowest BCUT2D eigenvalue weighted by Crippen LogP contribution is -2.40. The number of hydrogen-bond donors (Lipinski definition) is 1. The Bertz CT molecular complexity index is 1290. The number of amides is 1. The summed E-state index contributed by atoms with van der Waals surface area (Å²) in [7, 11) is 0. The van der Waals surface area contributed by atoms with Crippen LogP contribution in [0, 0.1) is 0 Å². The molecule has 1 N–H and O–H groups in total. The number of halogens is 3. The summed E-state index contributed by atoms with van der Waals surface area (Å²) < 4.78 is 53.0. The van der Waals surface area contributed by atoms with Gasteiger partial charge in [-0.2, -0.15) is 18.3 Å². The number of benzene rings is 1. The number of carbonyl (C=O) groups excluding carboxylic acids is 1. The van der Waals surface area contributed by atoms with Gasteiger partial charge in [-0.1, -0.05) is 18.2 Å². The second-order valence-corrected chi connectivity index (χ2v) is 7.95. The fourth-order valence-corrected chi connectivity index (χ4v) is 4.03. The minimum atomic E-state index is -4.67. The molecule has 1 aliphatic rings. The zero-order chi connectivity index (χ0) is 22.3. The third-order valence-electron chi connectivity index (χ3n) is 4.84. The second-order valence-electron chi connectivity index (χ2n) is 7.00. The first-order valence-corrected chi connectivity index (χ1v) is 10.4. The molecule has 0 unspecified atom stereocenters. The molecule has 3 aromatic heterocycles.